The van der Waals surface area contributed by atoms with Crippen LogP contribution in [0.3, 0.4) is 0 Å². The Morgan fingerprint density at radius 3 is 1.84 bits per heavy atom. The number of carboxylic acids is 2. The minimum absolute atomic E-state index is 0.0763. The fraction of sp³-hybridized carbons (Fsp3) is 0.0667. The summed E-state index contributed by atoms with van der Waals surface area (Å²) in [5.41, 5.74) is -0.597. The number of sulfone groups is 1. The molecule has 0 spiro atoms. The van der Waals surface area contributed by atoms with Gasteiger partial charge in [0.05, 0.1) is 15.4 Å². The third-order valence-corrected chi connectivity index (χ3v) is 3.99. The number of hydrogen-bond donors (Lipinski definition) is 2. The molecule has 10 heteroatoms. The number of nitro groups is 1. The van der Waals surface area contributed by atoms with Gasteiger partial charge in [-0.2, -0.15) is 0 Å². The molecule has 0 bridgehead atoms. The molecule has 0 aliphatic carbocycles. The van der Waals surface area contributed by atoms with Gasteiger partial charge in [-0.25, -0.2) is 18.0 Å². The van der Waals surface area contributed by atoms with Gasteiger partial charge in [0.15, 0.2) is 9.84 Å². The summed E-state index contributed by atoms with van der Waals surface area (Å²) in [5, 5.41) is 27.3. The van der Waals surface area contributed by atoms with Crippen molar-refractivity contribution in [2.75, 3.05) is 6.26 Å². The van der Waals surface area contributed by atoms with Crippen molar-refractivity contribution in [1.29, 1.82) is 0 Å². The summed E-state index contributed by atoms with van der Waals surface area (Å²) in [6, 6.07) is 10.3. The zero-order valence-corrected chi connectivity index (χ0v) is 13.6. The van der Waals surface area contributed by atoms with Gasteiger partial charge in [-0.3, -0.25) is 10.1 Å². The molecule has 0 saturated carbocycles. The van der Waals surface area contributed by atoms with Crippen molar-refractivity contribution in [3.05, 3.63) is 69.8 Å². The van der Waals surface area contributed by atoms with Crippen LogP contribution in [0, 0.1) is 10.1 Å². The Morgan fingerprint density at radius 1 is 0.960 bits per heavy atom. The molecule has 2 N–H and O–H groups in total. The lowest BCUT2D eigenvalue weighted by atomic mass is 10.2. The molecule has 0 radical (unpaired) electrons. The summed E-state index contributed by atoms with van der Waals surface area (Å²) in [5.74, 6) is -2.36. The van der Waals surface area contributed by atoms with Crippen LogP contribution in [0.1, 0.15) is 20.7 Å². The normalized spacial score (nSPS) is 10.3. The zero-order valence-electron chi connectivity index (χ0n) is 12.8. The lowest BCUT2D eigenvalue weighted by Crippen LogP contribution is -2.01. The number of benzene rings is 2. The van der Waals surface area contributed by atoms with Gasteiger partial charge in [-0.05, 0) is 30.3 Å². The lowest BCUT2D eigenvalue weighted by molar-refractivity contribution is -0.385. The van der Waals surface area contributed by atoms with E-state index < -0.39 is 26.7 Å². The highest BCUT2D eigenvalue weighted by molar-refractivity contribution is 7.90. The molecule has 0 aromatic heterocycles. The van der Waals surface area contributed by atoms with Crippen LogP contribution in [-0.2, 0) is 9.84 Å². The first-order valence-corrected chi connectivity index (χ1v) is 8.43. The van der Waals surface area contributed by atoms with E-state index in [0.717, 1.165) is 12.3 Å². The second kappa shape index (κ2) is 8.02. The molecule has 132 valence electrons. The van der Waals surface area contributed by atoms with E-state index in [0.29, 0.717) is 0 Å². The SMILES string of the molecule is CS(=O)(=O)c1ccc(C(=O)O)cc1.O=C(O)c1ccccc1[N+](=O)[O-]. The van der Waals surface area contributed by atoms with E-state index in [1.54, 1.807) is 0 Å². The highest BCUT2D eigenvalue weighted by Crippen LogP contribution is 2.16. The van der Waals surface area contributed by atoms with E-state index >= 15 is 0 Å². The van der Waals surface area contributed by atoms with Gasteiger partial charge in [0.1, 0.15) is 5.56 Å². The van der Waals surface area contributed by atoms with Crippen molar-refractivity contribution in [2.45, 2.75) is 4.90 Å². The van der Waals surface area contributed by atoms with E-state index in [1.807, 2.05) is 0 Å². The monoisotopic (exact) mass is 367 g/mol. The molecular formula is C15H13NO8S. The molecule has 0 aliphatic rings. The van der Waals surface area contributed by atoms with Gasteiger partial charge in [0.2, 0.25) is 0 Å². The molecule has 2 aromatic rings. The molecule has 0 atom stereocenters. The van der Waals surface area contributed by atoms with E-state index in [9.17, 15) is 28.1 Å². The molecule has 0 saturated heterocycles. The van der Waals surface area contributed by atoms with Crippen molar-refractivity contribution in [3.63, 3.8) is 0 Å². The Kier molecular flexibility index (Phi) is 6.34. The Labute approximate surface area is 142 Å². The third kappa shape index (κ3) is 5.70. The molecule has 25 heavy (non-hydrogen) atoms. The smallest absolute Gasteiger partial charge is 0.342 e. The van der Waals surface area contributed by atoms with Crippen molar-refractivity contribution in [2.24, 2.45) is 0 Å². The molecule has 0 fully saturated rings. The third-order valence-electron chi connectivity index (χ3n) is 2.86. The fourth-order valence-electron chi connectivity index (χ4n) is 1.66. The molecule has 0 amide bonds. The Morgan fingerprint density at radius 2 is 1.48 bits per heavy atom. The summed E-state index contributed by atoms with van der Waals surface area (Å²) in [6.45, 7) is 0. The number of carbonyl (C=O) groups is 2. The van der Waals surface area contributed by atoms with Gasteiger partial charge in [-0.1, -0.05) is 12.1 Å². The molecule has 2 rings (SSSR count). The predicted octanol–water partition coefficient (Wildman–Crippen LogP) is 2.08. The van der Waals surface area contributed by atoms with Crippen molar-refractivity contribution >= 4 is 27.5 Å². The summed E-state index contributed by atoms with van der Waals surface area (Å²) >= 11 is 0. The van der Waals surface area contributed by atoms with Gasteiger partial charge < -0.3 is 10.2 Å². The molecule has 0 heterocycles. The number of para-hydroxylation sites is 1. The minimum atomic E-state index is -3.24. The summed E-state index contributed by atoms with van der Waals surface area (Å²) in [6.07, 6.45) is 1.07. The Hall–Kier alpha value is -3.27. The summed E-state index contributed by atoms with van der Waals surface area (Å²) in [7, 11) is -3.24. The van der Waals surface area contributed by atoms with Crippen molar-refractivity contribution in [3.8, 4) is 0 Å². The molecule has 2 aromatic carbocycles. The maximum absolute atomic E-state index is 11.0. The number of carboxylic acid groups (broad SMARTS) is 2. The highest BCUT2D eigenvalue weighted by Gasteiger charge is 2.17. The number of hydrogen-bond acceptors (Lipinski definition) is 6. The molecule has 0 aliphatic heterocycles. The predicted molar refractivity (Wildman–Crippen MR) is 86.6 cm³/mol. The number of aromatic carboxylic acids is 2. The average Bonchev–Trinajstić information content (AvgIpc) is 2.54. The van der Waals surface area contributed by atoms with Crippen LogP contribution in [0.4, 0.5) is 5.69 Å². The molecule has 0 unspecified atom stereocenters. The fourth-order valence-corrected chi connectivity index (χ4v) is 2.29. The maximum atomic E-state index is 11.0. The standard InChI is InChI=1S/C8H8O4S.C7H5NO4/c1-13(11,12)7-4-2-6(3-5-7)8(9)10;9-7(10)5-3-1-2-4-6(5)8(11)12/h2-5H,1H3,(H,9,10);1-4H,(H,9,10). The van der Waals surface area contributed by atoms with Gasteiger partial charge in [0.25, 0.3) is 5.69 Å². The maximum Gasteiger partial charge on any atom is 0.342 e. The van der Waals surface area contributed by atoms with Gasteiger partial charge in [-0.15, -0.1) is 0 Å². The second-order valence-electron chi connectivity index (χ2n) is 4.68. The highest BCUT2D eigenvalue weighted by atomic mass is 32.2. The van der Waals surface area contributed by atoms with E-state index in [1.165, 1.54) is 42.5 Å². The summed E-state index contributed by atoms with van der Waals surface area (Å²) < 4.78 is 21.9. The largest absolute Gasteiger partial charge is 0.478 e. The molecular weight excluding hydrogens is 354 g/mol. The van der Waals surface area contributed by atoms with Crippen LogP contribution in [-0.4, -0.2) is 41.7 Å². The minimum Gasteiger partial charge on any atom is -0.478 e. The van der Waals surface area contributed by atoms with E-state index in [2.05, 4.69) is 0 Å². The Balaban J connectivity index is 0.000000251. The number of nitrogens with zero attached hydrogens (tertiary/aromatic N) is 1. The van der Waals surface area contributed by atoms with E-state index in [-0.39, 0.29) is 21.7 Å². The first-order valence-electron chi connectivity index (χ1n) is 6.54. The van der Waals surface area contributed by atoms with Crippen LogP contribution in [0.2, 0.25) is 0 Å². The Bertz CT molecular complexity index is 870. The van der Waals surface area contributed by atoms with Crippen LogP contribution in [0.25, 0.3) is 0 Å². The summed E-state index contributed by atoms with van der Waals surface area (Å²) in [4.78, 5) is 30.5. The first-order chi connectivity index (χ1) is 11.5. The average molecular weight is 367 g/mol. The number of rotatable bonds is 4. The van der Waals surface area contributed by atoms with Crippen molar-refractivity contribution < 1.29 is 33.1 Å². The first kappa shape index (κ1) is 19.8. The van der Waals surface area contributed by atoms with E-state index in [4.69, 9.17) is 10.2 Å². The van der Waals surface area contributed by atoms with Gasteiger partial charge >= 0.3 is 11.9 Å². The second-order valence-corrected chi connectivity index (χ2v) is 6.70. The molecule has 9 nitrogen and oxygen atoms in total. The lowest BCUT2D eigenvalue weighted by Gasteiger charge is -1.97. The number of nitro benzene ring substituents is 1. The zero-order chi connectivity index (χ0) is 19.2. The van der Waals surface area contributed by atoms with Crippen LogP contribution >= 0.6 is 0 Å². The van der Waals surface area contributed by atoms with Crippen LogP contribution in [0.15, 0.2) is 53.4 Å². The van der Waals surface area contributed by atoms with Crippen LogP contribution < -0.4 is 0 Å². The topological polar surface area (TPSA) is 152 Å². The quantitative estimate of drug-likeness (QED) is 0.615. The van der Waals surface area contributed by atoms with Crippen molar-refractivity contribution in [1.82, 2.24) is 0 Å². The van der Waals surface area contributed by atoms with Crippen LogP contribution in [0.5, 0.6) is 0 Å². The van der Waals surface area contributed by atoms with Gasteiger partial charge in [0, 0.05) is 12.3 Å².